The Bertz CT molecular complexity index is 752. The fourth-order valence-corrected chi connectivity index (χ4v) is 3.22. The molecule has 1 atom stereocenters. The van der Waals surface area contributed by atoms with Gasteiger partial charge in [0.1, 0.15) is 18.5 Å². The lowest BCUT2D eigenvalue weighted by atomic mass is 10.00. The molecule has 0 bridgehead atoms. The normalized spacial score (nSPS) is 19.7. The molecule has 0 radical (unpaired) electrons. The van der Waals surface area contributed by atoms with Gasteiger partial charge in [0.15, 0.2) is 12.7 Å². The summed E-state index contributed by atoms with van der Waals surface area (Å²) in [7, 11) is 0. The molecule has 0 aliphatic carbocycles. The molecule has 2 aliphatic heterocycles. The van der Waals surface area contributed by atoms with Crippen LogP contribution < -0.4 is 9.47 Å². The molecule has 1 unspecified atom stereocenters. The van der Waals surface area contributed by atoms with E-state index in [0.29, 0.717) is 0 Å². The summed E-state index contributed by atoms with van der Waals surface area (Å²) in [6.45, 7) is 2.91. The van der Waals surface area contributed by atoms with E-state index >= 15 is 0 Å². The first-order valence-electron chi connectivity index (χ1n) is 6.41. The minimum atomic E-state index is -0.281. The van der Waals surface area contributed by atoms with Crippen molar-refractivity contribution in [3.8, 4) is 0 Å². The van der Waals surface area contributed by atoms with Gasteiger partial charge in [-0.25, -0.2) is 0 Å². The molecule has 0 saturated heterocycles. The highest BCUT2D eigenvalue weighted by molar-refractivity contribution is 5.96. The van der Waals surface area contributed by atoms with Gasteiger partial charge in [0.2, 0.25) is 5.69 Å². The largest absolute Gasteiger partial charge is 0.288 e. The molecule has 94 valence electrons. The fraction of sp³-hybridized carbons (Fsp3) is 0.214. The van der Waals surface area contributed by atoms with Crippen LogP contribution in [0.4, 0.5) is 11.4 Å². The van der Waals surface area contributed by atoms with Crippen LogP contribution in [0.2, 0.25) is 0 Å². The minimum Gasteiger partial charge on any atom is -0.288 e. The molecule has 1 aromatic heterocycles. The van der Waals surface area contributed by atoms with Crippen molar-refractivity contribution in [1.82, 2.24) is 0 Å². The van der Waals surface area contributed by atoms with E-state index in [4.69, 9.17) is 0 Å². The Morgan fingerprint density at radius 3 is 3.16 bits per heavy atom. The maximum absolute atomic E-state index is 11.3. The Labute approximate surface area is 109 Å². The molecule has 0 amide bonds. The van der Waals surface area contributed by atoms with Gasteiger partial charge in [-0.15, -0.1) is 0 Å². The molecule has 2 aliphatic rings. The predicted molar refractivity (Wildman–Crippen MR) is 70.2 cm³/mol. The number of nitro groups is 1. The monoisotopic (exact) mass is 255 g/mol. The molecule has 0 fully saturated rings. The Balaban J connectivity index is 2.22. The summed E-state index contributed by atoms with van der Waals surface area (Å²) in [5, 5.41) is 12.0. The van der Waals surface area contributed by atoms with E-state index in [0.717, 1.165) is 36.1 Å². The van der Waals surface area contributed by atoms with E-state index in [1.165, 1.54) is 10.6 Å². The number of rotatable bonds is 1. The van der Waals surface area contributed by atoms with Gasteiger partial charge in [0, 0.05) is 17.7 Å². The van der Waals surface area contributed by atoms with E-state index in [1.807, 2.05) is 24.4 Å². The van der Waals surface area contributed by atoms with Crippen molar-refractivity contribution in [1.29, 1.82) is 0 Å². The van der Waals surface area contributed by atoms with Crippen LogP contribution in [0.5, 0.6) is 0 Å². The van der Waals surface area contributed by atoms with Gasteiger partial charge < -0.3 is 0 Å². The average molecular weight is 255 g/mol. The van der Waals surface area contributed by atoms with Crippen molar-refractivity contribution >= 4 is 28.4 Å². The minimum absolute atomic E-state index is 0.205. The Morgan fingerprint density at radius 2 is 2.32 bits per heavy atom. The highest BCUT2D eigenvalue weighted by atomic mass is 16.6. The third-order valence-electron chi connectivity index (χ3n) is 4.03. The van der Waals surface area contributed by atoms with Gasteiger partial charge >= 0.3 is 0 Å². The maximum Gasteiger partial charge on any atom is 0.284 e. The first-order valence-corrected chi connectivity index (χ1v) is 6.41. The molecule has 0 saturated carbocycles. The molecule has 1 aromatic carbocycles. The molecule has 4 rings (SSSR count). The number of nitrogens with zero attached hydrogens (tertiary/aromatic N) is 2. The van der Waals surface area contributed by atoms with Crippen LogP contribution >= 0.6 is 0 Å². The summed E-state index contributed by atoms with van der Waals surface area (Å²) < 4.78 is 2.14. The van der Waals surface area contributed by atoms with Crippen LogP contribution in [-0.2, 0) is 6.54 Å². The van der Waals surface area contributed by atoms with Crippen LogP contribution in [0.1, 0.15) is 5.56 Å². The van der Waals surface area contributed by atoms with E-state index in [2.05, 4.69) is 10.6 Å². The van der Waals surface area contributed by atoms with Crippen molar-refractivity contribution in [2.75, 3.05) is 13.1 Å². The highest BCUT2D eigenvalue weighted by Gasteiger charge is 2.36. The third kappa shape index (κ3) is 1.36. The molecule has 0 spiro atoms. The number of hydrogen-bond acceptors (Lipinski definition) is 2. The van der Waals surface area contributed by atoms with Gasteiger partial charge in [-0.3, -0.25) is 15.0 Å². The number of nitrogens with one attached hydrogen (secondary N) is 1. The van der Waals surface area contributed by atoms with Crippen LogP contribution in [0, 0.1) is 10.1 Å². The molecule has 2 aromatic rings. The van der Waals surface area contributed by atoms with Crippen molar-refractivity contribution in [2.45, 2.75) is 6.54 Å². The van der Waals surface area contributed by atoms with E-state index in [-0.39, 0.29) is 10.6 Å². The topological polar surface area (TPSA) is 51.5 Å². The van der Waals surface area contributed by atoms with Crippen LogP contribution in [0.15, 0.2) is 30.5 Å². The molecule has 19 heavy (non-hydrogen) atoms. The zero-order chi connectivity index (χ0) is 13.0. The number of benzene rings is 1. The molecule has 3 heterocycles. The lowest BCUT2D eigenvalue weighted by Gasteiger charge is -2.24. The van der Waals surface area contributed by atoms with Gasteiger partial charge in [-0.1, -0.05) is 0 Å². The third-order valence-corrected chi connectivity index (χ3v) is 4.03. The van der Waals surface area contributed by atoms with Gasteiger partial charge in [0.25, 0.3) is 11.2 Å². The maximum atomic E-state index is 11.3. The standard InChI is InChI=1S/C14H12N3O2/c18-17(19)12-9-10-3-1-5-15-7-8-16-6-2-4-11(12)14(16)13(10)15/h1-4,6,9H,5,7-8H2/q+1/p+1. The molecule has 5 heteroatoms. The fourth-order valence-electron chi connectivity index (χ4n) is 3.22. The number of non-ortho nitro benzene ring substituents is 1. The first kappa shape index (κ1) is 10.6. The van der Waals surface area contributed by atoms with Crippen molar-refractivity contribution < 1.29 is 14.4 Å². The predicted octanol–water partition coefficient (Wildman–Crippen LogP) is 0.592. The van der Waals surface area contributed by atoms with Gasteiger partial charge in [-0.2, -0.15) is 4.57 Å². The van der Waals surface area contributed by atoms with Crippen molar-refractivity contribution in [3.63, 3.8) is 0 Å². The molecular weight excluding hydrogens is 242 g/mol. The first-order chi connectivity index (χ1) is 9.25. The smallest absolute Gasteiger partial charge is 0.284 e. The lowest BCUT2D eigenvalue weighted by molar-refractivity contribution is -0.869. The Morgan fingerprint density at radius 1 is 1.42 bits per heavy atom. The number of quaternary nitrogens is 1. The summed E-state index contributed by atoms with van der Waals surface area (Å²) in [6.07, 6.45) is 6.13. The quantitative estimate of drug-likeness (QED) is 0.461. The van der Waals surface area contributed by atoms with Crippen LogP contribution in [-0.4, -0.2) is 18.0 Å². The van der Waals surface area contributed by atoms with Crippen LogP contribution in [0.25, 0.3) is 17.0 Å². The summed E-state index contributed by atoms with van der Waals surface area (Å²) in [5.74, 6) is 0. The second-order valence-corrected chi connectivity index (χ2v) is 5.04. The number of pyridine rings is 1. The average Bonchev–Trinajstić information content (AvgIpc) is 2.44. The zero-order valence-corrected chi connectivity index (χ0v) is 10.3. The zero-order valence-electron chi connectivity index (χ0n) is 10.3. The lowest BCUT2D eigenvalue weighted by Crippen LogP contribution is -3.09. The Hall–Kier alpha value is -2.27. The summed E-state index contributed by atoms with van der Waals surface area (Å²) in [6, 6.07) is 5.46. The van der Waals surface area contributed by atoms with Crippen molar-refractivity contribution in [3.05, 3.63) is 46.1 Å². The van der Waals surface area contributed by atoms with E-state index in [1.54, 1.807) is 6.07 Å². The summed E-state index contributed by atoms with van der Waals surface area (Å²) in [4.78, 5) is 12.4. The van der Waals surface area contributed by atoms with Crippen LogP contribution in [0.3, 0.4) is 0 Å². The SMILES string of the molecule is O=[N+]([O-])c1cc2c3c4c1ccc[n+]4CC[NH+]3CC=C2. The second kappa shape index (κ2) is 3.61. The van der Waals surface area contributed by atoms with Crippen molar-refractivity contribution in [2.24, 2.45) is 0 Å². The van der Waals surface area contributed by atoms with E-state index in [9.17, 15) is 10.1 Å². The Kier molecular flexibility index (Phi) is 2.02. The molecule has 1 N–H and O–H groups in total. The number of aromatic nitrogens is 1. The number of hydrogen-bond donors (Lipinski definition) is 1. The number of nitro benzene ring substituents is 1. The highest BCUT2D eigenvalue weighted by Crippen LogP contribution is 2.33. The van der Waals surface area contributed by atoms with Gasteiger partial charge in [-0.05, 0) is 18.2 Å². The summed E-state index contributed by atoms with van der Waals surface area (Å²) >= 11 is 0. The second-order valence-electron chi connectivity index (χ2n) is 5.04. The molecule has 5 nitrogen and oxygen atoms in total. The summed E-state index contributed by atoms with van der Waals surface area (Å²) in [5.41, 5.74) is 3.43. The molecular formula is C14H13N3O2+2. The van der Waals surface area contributed by atoms with E-state index < -0.39 is 0 Å². The van der Waals surface area contributed by atoms with Gasteiger partial charge in [0.05, 0.1) is 4.92 Å².